The van der Waals surface area contributed by atoms with E-state index in [1.54, 1.807) is 13.8 Å². The Kier molecular flexibility index (Phi) is 4.39. The van der Waals surface area contributed by atoms with Crippen molar-refractivity contribution < 1.29 is 22.4 Å². The lowest BCUT2D eigenvalue weighted by atomic mass is 10.2. The molecule has 0 spiro atoms. The van der Waals surface area contributed by atoms with E-state index in [-0.39, 0.29) is 18.3 Å². The van der Waals surface area contributed by atoms with Crippen LogP contribution in [-0.4, -0.2) is 32.2 Å². The number of aromatic nitrogens is 1. The number of nitrogens with zero attached hydrogens (tertiary/aromatic N) is 1. The van der Waals surface area contributed by atoms with Crippen LogP contribution in [0.2, 0.25) is 0 Å². The van der Waals surface area contributed by atoms with Gasteiger partial charge in [-0.05, 0) is 27.2 Å². The highest BCUT2D eigenvalue weighted by molar-refractivity contribution is 7.91. The molecule has 7 heteroatoms. The lowest BCUT2D eigenvalue weighted by Crippen LogP contribution is -2.28. The summed E-state index contributed by atoms with van der Waals surface area (Å²) in [4.78, 5) is 15.8. The summed E-state index contributed by atoms with van der Waals surface area (Å²) in [6.45, 7) is 6.68. The summed E-state index contributed by atoms with van der Waals surface area (Å²) < 4.78 is 32.4. The van der Waals surface area contributed by atoms with Crippen LogP contribution in [0.25, 0.3) is 0 Å². The Labute approximate surface area is 113 Å². The molecule has 0 unspecified atom stereocenters. The van der Waals surface area contributed by atoms with E-state index in [0.717, 1.165) is 6.26 Å². The molecule has 0 amide bonds. The summed E-state index contributed by atoms with van der Waals surface area (Å²) in [7, 11) is -3.41. The van der Waals surface area contributed by atoms with Crippen molar-refractivity contribution in [3.63, 3.8) is 0 Å². The number of carbonyl (C=O) groups is 1. The number of rotatable bonds is 5. The number of ether oxygens (including phenoxy) is 1. The van der Waals surface area contributed by atoms with Crippen LogP contribution >= 0.6 is 0 Å². The molecule has 1 heterocycles. The number of oxazole rings is 1. The zero-order valence-electron chi connectivity index (χ0n) is 11.8. The molecule has 19 heavy (non-hydrogen) atoms. The first kappa shape index (κ1) is 15.7. The summed E-state index contributed by atoms with van der Waals surface area (Å²) in [5.74, 6) is -0.631. The lowest BCUT2D eigenvalue weighted by Gasteiger charge is -2.17. The van der Waals surface area contributed by atoms with Gasteiger partial charge in [-0.25, -0.2) is 18.2 Å². The van der Waals surface area contributed by atoms with Crippen LogP contribution in [0.3, 0.4) is 0 Å². The molecule has 1 rings (SSSR count). The molecule has 0 aliphatic heterocycles. The van der Waals surface area contributed by atoms with E-state index in [1.807, 2.05) is 0 Å². The summed E-state index contributed by atoms with van der Waals surface area (Å²) in [5.41, 5.74) is 0.408. The molecule has 108 valence electrons. The number of hydrogen-bond donors (Lipinski definition) is 0. The Hall–Kier alpha value is -1.37. The summed E-state index contributed by atoms with van der Waals surface area (Å²) in [6.07, 6.45) is 1.56. The highest BCUT2D eigenvalue weighted by Crippen LogP contribution is 2.30. The average Bonchev–Trinajstić information content (AvgIpc) is 2.72. The molecule has 0 radical (unpaired) electrons. The van der Waals surface area contributed by atoms with Crippen molar-refractivity contribution in [3.8, 4) is 0 Å². The van der Waals surface area contributed by atoms with Gasteiger partial charge >= 0.3 is 5.97 Å². The van der Waals surface area contributed by atoms with Crippen molar-refractivity contribution >= 4 is 15.8 Å². The first-order chi connectivity index (χ1) is 8.65. The molecule has 0 fully saturated rings. The van der Waals surface area contributed by atoms with E-state index in [4.69, 9.17) is 9.15 Å². The van der Waals surface area contributed by atoms with Crippen LogP contribution in [-0.2, 0) is 25.7 Å². The van der Waals surface area contributed by atoms with Gasteiger partial charge in [0.2, 0.25) is 11.7 Å². The van der Waals surface area contributed by atoms with Gasteiger partial charge in [0, 0.05) is 6.26 Å². The van der Waals surface area contributed by atoms with Gasteiger partial charge in [-0.2, -0.15) is 0 Å². The average molecular weight is 289 g/mol. The third-order valence-electron chi connectivity index (χ3n) is 2.94. The van der Waals surface area contributed by atoms with Gasteiger partial charge in [-0.15, -0.1) is 0 Å². The van der Waals surface area contributed by atoms with Crippen molar-refractivity contribution in [2.75, 3.05) is 12.9 Å². The molecule has 0 saturated carbocycles. The Morgan fingerprint density at radius 3 is 2.37 bits per heavy atom. The number of carbonyl (C=O) groups excluding carboxylic acids is 1. The van der Waals surface area contributed by atoms with Crippen molar-refractivity contribution in [2.45, 2.75) is 38.9 Å². The minimum atomic E-state index is -3.41. The molecule has 0 aromatic carbocycles. The van der Waals surface area contributed by atoms with Crippen molar-refractivity contribution in [2.24, 2.45) is 0 Å². The van der Waals surface area contributed by atoms with Gasteiger partial charge in [0.25, 0.3) is 0 Å². The lowest BCUT2D eigenvalue weighted by molar-refractivity contribution is 0.0485. The van der Waals surface area contributed by atoms with Crippen LogP contribution in [0.4, 0.5) is 0 Å². The van der Waals surface area contributed by atoms with Gasteiger partial charge in [0.15, 0.2) is 9.84 Å². The number of aryl methyl sites for hydroxylation is 1. The standard InChI is InChI=1S/C12H19NO5S/c1-6-8-9(10(14)17-7-2)18-11(13-8)12(3,4)19(5,15)16/h6-7H2,1-5H3. The number of sulfone groups is 1. The van der Waals surface area contributed by atoms with Crippen molar-refractivity contribution in [1.29, 1.82) is 0 Å². The monoisotopic (exact) mass is 289 g/mol. The topological polar surface area (TPSA) is 86.5 Å². The van der Waals surface area contributed by atoms with Crippen LogP contribution in [0.5, 0.6) is 0 Å². The first-order valence-electron chi connectivity index (χ1n) is 6.02. The first-order valence-corrected chi connectivity index (χ1v) is 7.91. The Morgan fingerprint density at radius 1 is 1.37 bits per heavy atom. The maximum absolute atomic E-state index is 11.7. The second-order valence-electron chi connectivity index (χ2n) is 4.65. The minimum absolute atomic E-state index is 0.00917. The highest BCUT2D eigenvalue weighted by atomic mass is 32.2. The second kappa shape index (κ2) is 5.32. The van der Waals surface area contributed by atoms with E-state index in [1.165, 1.54) is 13.8 Å². The molecular weight excluding hydrogens is 270 g/mol. The quantitative estimate of drug-likeness (QED) is 0.767. The highest BCUT2D eigenvalue weighted by Gasteiger charge is 2.39. The third kappa shape index (κ3) is 2.97. The zero-order chi connectivity index (χ0) is 14.8. The predicted molar refractivity (Wildman–Crippen MR) is 69.7 cm³/mol. The zero-order valence-corrected chi connectivity index (χ0v) is 12.6. The molecule has 0 bridgehead atoms. The molecular formula is C12H19NO5S. The van der Waals surface area contributed by atoms with E-state index in [2.05, 4.69) is 4.98 Å². The molecule has 0 aliphatic carbocycles. The largest absolute Gasteiger partial charge is 0.460 e. The second-order valence-corrected chi connectivity index (χ2v) is 7.22. The molecule has 6 nitrogen and oxygen atoms in total. The van der Waals surface area contributed by atoms with Crippen molar-refractivity contribution in [1.82, 2.24) is 4.98 Å². The molecule has 0 saturated heterocycles. The predicted octanol–water partition coefficient (Wildman–Crippen LogP) is 1.69. The maximum Gasteiger partial charge on any atom is 0.376 e. The van der Waals surface area contributed by atoms with Crippen LogP contribution in [0.15, 0.2) is 4.42 Å². The fraction of sp³-hybridized carbons (Fsp3) is 0.667. The Bertz CT molecular complexity index is 571. The van der Waals surface area contributed by atoms with Crippen LogP contribution in [0.1, 0.15) is 49.8 Å². The fourth-order valence-corrected chi connectivity index (χ4v) is 1.77. The normalized spacial score (nSPS) is 12.5. The van der Waals surface area contributed by atoms with E-state index < -0.39 is 20.6 Å². The van der Waals surface area contributed by atoms with E-state index in [9.17, 15) is 13.2 Å². The van der Waals surface area contributed by atoms with Gasteiger partial charge in [-0.3, -0.25) is 0 Å². The Balaban J connectivity index is 3.31. The maximum atomic E-state index is 11.7. The summed E-state index contributed by atoms with van der Waals surface area (Å²) >= 11 is 0. The molecule has 0 atom stereocenters. The van der Waals surface area contributed by atoms with Crippen LogP contribution < -0.4 is 0 Å². The van der Waals surface area contributed by atoms with Gasteiger partial charge in [0.05, 0.1) is 12.3 Å². The molecule has 1 aromatic heterocycles. The molecule has 0 aliphatic rings. The molecule has 1 aromatic rings. The SMILES string of the molecule is CCOC(=O)c1oc(C(C)(C)S(C)(=O)=O)nc1CC. The smallest absolute Gasteiger partial charge is 0.376 e. The number of esters is 1. The van der Waals surface area contributed by atoms with Gasteiger partial charge in [-0.1, -0.05) is 6.92 Å². The third-order valence-corrected chi connectivity index (χ3v) is 4.96. The van der Waals surface area contributed by atoms with Crippen LogP contribution in [0, 0.1) is 0 Å². The number of hydrogen-bond acceptors (Lipinski definition) is 6. The minimum Gasteiger partial charge on any atom is -0.460 e. The van der Waals surface area contributed by atoms with E-state index in [0.29, 0.717) is 12.1 Å². The summed E-state index contributed by atoms with van der Waals surface area (Å²) in [5, 5.41) is 0. The molecule has 0 N–H and O–H groups in total. The van der Waals surface area contributed by atoms with Gasteiger partial charge < -0.3 is 9.15 Å². The van der Waals surface area contributed by atoms with E-state index >= 15 is 0 Å². The summed E-state index contributed by atoms with van der Waals surface area (Å²) in [6, 6.07) is 0. The fourth-order valence-electron chi connectivity index (χ4n) is 1.36. The van der Waals surface area contributed by atoms with Gasteiger partial charge in [0.1, 0.15) is 4.75 Å². The van der Waals surface area contributed by atoms with Crippen molar-refractivity contribution in [3.05, 3.63) is 17.3 Å². The Morgan fingerprint density at radius 2 is 1.95 bits per heavy atom.